The van der Waals surface area contributed by atoms with E-state index in [4.69, 9.17) is 23.7 Å². The molecule has 2 aliphatic heterocycles. The quantitative estimate of drug-likeness (QED) is 0.354. The number of carbonyl (C=O) groups is 2. The second-order valence-corrected chi connectivity index (χ2v) is 10.4. The van der Waals surface area contributed by atoms with Crippen LogP contribution in [0.4, 0.5) is 4.79 Å². The van der Waals surface area contributed by atoms with Crippen LogP contribution in [0.5, 0.6) is 11.5 Å². The van der Waals surface area contributed by atoms with E-state index in [9.17, 15) is 14.7 Å². The average molecular weight is 577 g/mol. The van der Waals surface area contributed by atoms with E-state index in [-0.39, 0.29) is 19.1 Å². The largest absolute Gasteiger partial charge is 0.493 e. The number of nitrogens with zero attached hydrogens (tertiary/aromatic N) is 1. The number of aliphatic hydroxyl groups is 1. The van der Waals surface area contributed by atoms with Gasteiger partial charge in [-0.2, -0.15) is 0 Å². The lowest BCUT2D eigenvalue weighted by atomic mass is 9.79. The van der Waals surface area contributed by atoms with Crippen LogP contribution in [-0.4, -0.2) is 81.0 Å². The molecule has 10 nitrogen and oxygen atoms in total. The molecule has 2 aliphatic rings. The van der Waals surface area contributed by atoms with Crippen LogP contribution in [0.2, 0.25) is 0 Å². The molecule has 3 amide bonds. The fraction of sp³-hybridized carbons (Fsp3) is 0.375. The molecule has 2 heterocycles. The number of amides is 3. The molecule has 2 saturated heterocycles. The normalized spacial score (nSPS) is 24.4. The SMILES string of the molecule is COc1cccc(C(OC[C@H]2O[C@@H](N3CC(C)C(=O)NC3=O)[C@H](OC)[C@@H]2O)(c2ccccc2)c2ccccc2)c1OC. The number of hydrogen-bond donors (Lipinski definition) is 2. The summed E-state index contributed by atoms with van der Waals surface area (Å²) in [6.45, 7) is 1.78. The van der Waals surface area contributed by atoms with Crippen LogP contribution in [0.15, 0.2) is 78.9 Å². The molecule has 2 fully saturated rings. The lowest BCUT2D eigenvalue weighted by molar-refractivity contribution is -0.133. The summed E-state index contributed by atoms with van der Waals surface area (Å²) in [5.74, 6) is 0.232. The van der Waals surface area contributed by atoms with Crippen LogP contribution >= 0.6 is 0 Å². The second-order valence-electron chi connectivity index (χ2n) is 10.4. The Labute approximate surface area is 245 Å². The van der Waals surface area contributed by atoms with Crippen molar-refractivity contribution in [2.45, 2.75) is 37.1 Å². The van der Waals surface area contributed by atoms with E-state index in [1.165, 1.54) is 12.0 Å². The molecule has 0 aliphatic carbocycles. The molecule has 1 unspecified atom stereocenters. The molecule has 3 aromatic carbocycles. The van der Waals surface area contributed by atoms with Gasteiger partial charge in [-0.15, -0.1) is 0 Å². The van der Waals surface area contributed by atoms with Crippen LogP contribution in [0.25, 0.3) is 0 Å². The van der Waals surface area contributed by atoms with Gasteiger partial charge in [0.2, 0.25) is 5.91 Å². The Morgan fingerprint density at radius 1 is 0.929 bits per heavy atom. The summed E-state index contributed by atoms with van der Waals surface area (Å²) in [5.41, 5.74) is 1.11. The number of hydrogen-bond acceptors (Lipinski definition) is 8. The van der Waals surface area contributed by atoms with Gasteiger partial charge < -0.3 is 28.8 Å². The van der Waals surface area contributed by atoms with Crippen molar-refractivity contribution >= 4 is 11.9 Å². The summed E-state index contributed by atoms with van der Waals surface area (Å²) in [7, 11) is 4.60. The van der Waals surface area contributed by atoms with Gasteiger partial charge in [0.15, 0.2) is 17.7 Å². The maximum atomic E-state index is 12.7. The first-order valence-corrected chi connectivity index (χ1v) is 13.8. The van der Waals surface area contributed by atoms with Crippen LogP contribution in [-0.2, 0) is 24.6 Å². The first-order chi connectivity index (χ1) is 20.3. The van der Waals surface area contributed by atoms with Gasteiger partial charge in [-0.3, -0.25) is 15.0 Å². The number of rotatable bonds is 10. The lowest BCUT2D eigenvalue weighted by Crippen LogP contribution is -2.59. The number of benzene rings is 3. The molecule has 3 aromatic rings. The number of carbonyl (C=O) groups excluding carboxylic acids is 2. The van der Waals surface area contributed by atoms with Crippen molar-refractivity contribution in [2.24, 2.45) is 5.92 Å². The molecule has 5 atom stereocenters. The first kappa shape index (κ1) is 29.5. The number of imide groups is 1. The summed E-state index contributed by atoms with van der Waals surface area (Å²) in [6, 6.07) is 24.4. The Kier molecular flexibility index (Phi) is 8.79. The molecule has 0 bridgehead atoms. The summed E-state index contributed by atoms with van der Waals surface area (Å²) in [6.07, 6.45) is -3.79. The minimum atomic E-state index is -1.21. The van der Waals surface area contributed by atoms with Gasteiger partial charge in [-0.1, -0.05) is 79.7 Å². The number of methoxy groups -OCH3 is 3. The predicted molar refractivity (Wildman–Crippen MR) is 153 cm³/mol. The standard InChI is InChI=1S/C32H36N2O8/c1-20-18-34(31(37)33-29(20)36)30-28(40-4)26(35)25(42-30)19-41-32(21-12-7-5-8-13-21,22-14-9-6-10-15-22)23-16-11-17-24(38-2)27(23)39-3/h5-17,20,25-26,28,30,35H,18-19H2,1-4H3,(H,33,36,37)/t20?,25-,26-,28-,30-/m1/s1. The summed E-state index contributed by atoms with van der Waals surface area (Å²) in [4.78, 5) is 26.2. The van der Waals surface area contributed by atoms with Crippen molar-refractivity contribution in [3.63, 3.8) is 0 Å². The van der Waals surface area contributed by atoms with E-state index in [2.05, 4.69) is 5.32 Å². The highest BCUT2D eigenvalue weighted by atomic mass is 16.6. The minimum absolute atomic E-state index is 0.0778. The van der Waals surface area contributed by atoms with Gasteiger partial charge in [0.05, 0.1) is 26.7 Å². The zero-order valence-corrected chi connectivity index (χ0v) is 24.1. The second kappa shape index (κ2) is 12.5. The molecule has 5 rings (SSSR count). The third-order valence-electron chi connectivity index (χ3n) is 7.91. The molecule has 0 radical (unpaired) electrons. The van der Waals surface area contributed by atoms with Crippen LogP contribution in [0.1, 0.15) is 23.6 Å². The minimum Gasteiger partial charge on any atom is -0.493 e. The highest BCUT2D eigenvalue weighted by molar-refractivity contribution is 5.97. The van der Waals surface area contributed by atoms with Crippen molar-refractivity contribution in [1.82, 2.24) is 10.2 Å². The zero-order valence-electron chi connectivity index (χ0n) is 24.1. The van der Waals surface area contributed by atoms with Crippen LogP contribution in [0.3, 0.4) is 0 Å². The van der Waals surface area contributed by atoms with E-state index >= 15 is 0 Å². The van der Waals surface area contributed by atoms with E-state index in [1.54, 1.807) is 21.1 Å². The third-order valence-corrected chi connectivity index (χ3v) is 7.91. The fourth-order valence-corrected chi connectivity index (χ4v) is 5.78. The van der Waals surface area contributed by atoms with E-state index < -0.39 is 42.1 Å². The number of para-hydroxylation sites is 1. The lowest BCUT2D eigenvalue weighted by Gasteiger charge is -2.38. The monoisotopic (exact) mass is 576 g/mol. The molecular formula is C32H36N2O8. The maximum Gasteiger partial charge on any atom is 0.326 e. The highest BCUT2D eigenvalue weighted by Crippen LogP contribution is 2.47. The molecule has 0 aromatic heterocycles. The van der Waals surface area contributed by atoms with Crippen LogP contribution < -0.4 is 14.8 Å². The van der Waals surface area contributed by atoms with Crippen LogP contribution in [0, 0.1) is 5.92 Å². The van der Waals surface area contributed by atoms with Gasteiger partial charge >= 0.3 is 6.03 Å². The molecule has 10 heteroatoms. The van der Waals surface area contributed by atoms with Crippen molar-refractivity contribution < 1.29 is 38.4 Å². The van der Waals surface area contributed by atoms with Gasteiger partial charge in [0.25, 0.3) is 0 Å². The summed E-state index contributed by atoms with van der Waals surface area (Å²) >= 11 is 0. The number of nitrogens with one attached hydrogen (secondary N) is 1. The summed E-state index contributed by atoms with van der Waals surface area (Å²) in [5, 5.41) is 13.7. The number of aliphatic hydroxyl groups excluding tert-OH is 1. The highest BCUT2D eigenvalue weighted by Gasteiger charge is 2.51. The predicted octanol–water partition coefficient (Wildman–Crippen LogP) is 3.30. The number of urea groups is 1. The molecule has 222 valence electrons. The smallest absolute Gasteiger partial charge is 0.326 e. The Morgan fingerprint density at radius 2 is 1.57 bits per heavy atom. The molecular weight excluding hydrogens is 540 g/mol. The zero-order chi connectivity index (χ0) is 29.9. The van der Waals surface area contributed by atoms with Crippen molar-refractivity contribution in [1.29, 1.82) is 0 Å². The van der Waals surface area contributed by atoms with Gasteiger partial charge in [0.1, 0.15) is 23.9 Å². The Hall–Kier alpha value is -3.96. The Bertz CT molecular complexity index is 1350. The van der Waals surface area contributed by atoms with E-state index in [1.807, 2.05) is 78.9 Å². The Balaban J connectivity index is 1.56. The maximum absolute atomic E-state index is 12.7. The molecule has 42 heavy (non-hydrogen) atoms. The topological polar surface area (TPSA) is 116 Å². The molecule has 0 saturated carbocycles. The van der Waals surface area contributed by atoms with Gasteiger partial charge in [-0.25, -0.2) is 4.79 Å². The van der Waals surface area contributed by atoms with Gasteiger partial charge in [-0.05, 0) is 17.2 Å². The van der Waals surface area contributed by atoms with Crippen molar-refractivity contribution in [3.8, 4) is 11.5 Å². The molecule has 0 spiro atoms. The summed E-state index contributed by atoms with van der Waals surface area (Å²) < 4.78 is 30.3. The fourth-order valence-electron chi connectivity index (χ4n) is 5.78. The molecule has 2 N–H and O–H groups in total. The van der Waals surface area contributed by atoms with E-state index in [0.717, 1.165) is 11.1 Å². The van der Waals surface area contributed by atoms with Crippen molar-refractivity contribution in [3.05, 3.63) is 95.6 Å². The Morgan fingerprint density at radius 3 is 2.14 bits per heavy atom. The third kappa shape index (κ3) is 5.22. The van der Waals surface area contributed by atoms with Crippen molar-refractivity contribution in [2.75, 3.05) is 34.5 Å². The van der Waals surface area contributed by atoms with E-state index in [0.29, 0.717) is 17.1 Å². The van der Waals surface area contributed by atoms with Gasteiger partial charge in [0, 0.05) is 19.2 Å². The average Bonchev–Trinajstić information content (AvgIpc) is 3.34. The number of ether oxygens (including phenoxy) is 5. The first-order valence-electron chi connectivity index (χ1n) is 13.8.